The first-order valence-corrected chi connectivity index (χ1v) is 6.51. The summed E-state index contributed by atoms with van der Waals surface area (Å²) in [6.07, 6.45) is 3.76. The van der Waals surface area contributed by atoms with Gasteiger partial charge in [-0.15, -0.1) is 0 Å². The average molecular weight is 278 g/mol. The predicted octanol–water partition coefficient (Wildman–Crippen LogP) is 0.700. The van der Waals surface area contributed by atoms with Crippen LogP contribution in [0.1, 0.15) is 18.4 Å². The fourth-order valence-electron chi connectivity index (χ4n) is 1.86. The van der Waals surface area contributed by atoms with Gasteiger partial charge in [0.15, 0.2) is 0 Å². The van der Waals surface area contributed by atoms with E-state index >= 15 is 0 Å². The van der Waals surface area contributed by atoms with E-state index in [2.05, 4.69) is 10.3 Å². The Morgan fingerprint density at radius 3 is 2.65 bits per heavy atom. The molecule has 0 bridgehead atoms. The topological polar surface area (TPSA) is 77.5 Å². The maximum Gasteiger partial charge on any atom is 0.328 e. The summed E-state index contributed by atoms with van der Waals surface area (Å²) < 4.78 is 9.71. The standard InChI is InChI=1S/C14H18N2O4/c1-19-12-6-3-9(8-15-12)7-11(14(18)20-2)16-13(17)10-4-5-10/h3,6,8,10-11H,4-5,7H2,1-2H3,(H,16,17)/t11-/m1/s1. The third-order valence-corrected chi connectivity index (χ3v) is 3.20. The van der Waals surface area contributed by atoms with Gasteiger partial charge in [0.2, 0.25) is 11.8 Å². The largest absolute Gasteiger partial charge is 0.481 e. The molecule has 1 fully saturated rings. The third-order valence-electron chi connectivity index (χ3n) is 3.20. The number of hydrogen-bond acceptors (Lipinski definition) is 5. The first kappa shape index (κ1) is 14.3. The van der Waals surface area contributed by atoms with Crippen LogP contribution in [0.2, 0.25) is 0 Å². The summed E-state index contributed by atoms with van der Waals surface area (Å²) in [7, 11) is 2.85. The number of hydrogen-bond donors (Lipinski definition) is 1. The number of nitrogens with zero attached hydrogens (tertiary/aromatic N) is 1. The van der Waals surface area contributed by atoms with Crippen molar-refractivity contribution in [3.63, 3.8) is 0 Å². The van der Waals surface area contributed by atoms with Crippen LogP contribution in [0.5, 0.6) is 5.88 Å². The van der Waals surface area contributed by atoms with Gasteiger partial charge in [0.25, 0.3) is 0 Å². The minimum atomic E-state index is -0.678. The number of pyridine rings is 1. The lowest BCUT2D eigenvalue weighted by Gasteiger charge is -2.16. The van der Waals surface area contributed by atoms with Crippen LogP contribution < -0.4 is 10.1 Å². The molecule has 6 nitrogen and oxygen atoms in total. The van der Waals surface area contributed by atoms with E-state index in [1.54, 1.807) is 12.3 Å². The van der Waals surface area contributed by atoms with Crippen LogP contribution in [-0.4, -0.2) is 37.1 Å². The number of rotatable bonds is 6. The molecule has 108 valence electrons. The molecule has 1 aliphatic carbocycles. The Kier molecular flexibility index (Phi) is 4.55. The second kappa shape index (κ2) is 6.36. The lowest BCUT2D eigenvalue weighted by Crippen LogP contribution is -2.43. The van der Waals surface area contributed by atoms with Gasteiger partial charge < -0.3 is 14.8 Å². The number of carbonyl (C=O) groups excluding carboxylic acids is 2. The SMILES string of the molecule is COC(=O)[C@@H](Cc1ccc(OC)nc1)NC(=O)C1CC1. The molecule has 6 heteroatoms. The van der Waals surface area contributed by atoms with Crippen molar-refractivity contribution in [1.82, 2.24) is 10.3 Å². The Hall–Kier alpha value is -2.11. The lowest BCUT2D eigenvalue weighted by atomic mass is 10.1. The average Bonchev–Trinajstić information content (AvgIpc) is 3.31. The van der Waals surface area contributed by atoms with Crippen molar-refractivity contribution in [3.8, 4) is 5.88 Å². The van der Waals surface area contributed by atoms with Gasteiger partial charge in [0.05, 0.1) is 14.2 Å². The molecule has 0 spiro atoms. The van der Waals surface area contributed by atoms with Crippen molar-refractivity contribution in [3.05, 3.63) is 23.9 Å². The Morgan fingerprint density at radius 2 is 2.15 bits per heavy atom. The van der Waals surface area contributed by atoms with Gasteiger partial charge in [-0.25, -0.2) is 9.78 Å². The minimum absolute atomic E-state index is 0.0520. The summed E-state index contributed by atoms with van der Waals surface area (Å²) in [6.45, 7) is 0. The first-order valence-electron chi connectivity index (χ1n) is 6.51. The molecular formula is C14H18N2O4. The van der Waals surface area contributed by atoms with Gasteiger partial charge >= 0.3 is 5.97 Å². The molecule has 1 saturated carbocycles. The fraction of sp³-hybridized carbons (Fsp3) is 0.500. The molecular weight excluding hydrogens is 260 g/mol. The Morgan fingerprint density at radius 1 is 1.40 bits per heavy atom. The molecule has 20 heavy (non-hydrogen) atoms. The molecule has 1 atom stereocenters. The molecule has 0 saturated heterocycles. The molecule has 0 unspecified atom stereocenters. The highest BCUT2D eigenvalue weighted by Gasteiger charge is 2.33. The van der Waals surface area contributed by atoms with Crippen molar-refractivity contribution in [2.75, 3.05) is 14.2 Å². The number of aromatic nitrogens is 1. The van der Waals surface area contributed by atoms with Crippen molar-refractivity contribution in [1.29, 1.82) is 0 Å². The molecule has 0 aromatic carbocycles. The Balaban J connectivity index is 2.01. The quantitative estimate of drug-likeness (QED) is 0.775. The van der Waals surface area contributed by atoms with Crippen LogP contribution in [0.4, 0.5) is 0 Å². The van der Waals surface area contributed by atoms with E-state index in [1.807, 2.05) is 6.07 Å². The predicted molar refractivity (Wildman–Crippen MR) is 71.2 cm³/mol. The smallest absolute Gasteiger partial charge is 0.328 e. The van der Waals surface area contributed by atoms with Crippen LogP contribution in [0.25, 0.3) is 0 Å². The van der Waals surface area contributed by atoms with Gasteiger partial charge in [-0.1, -0.05) is 6.07 Å². The van der Waals surface area contributed by atoms with Gasteiger partial charge in [0, 0.05) is 24.6 Å². The molecule has 1 amide bonds. The zero-order chi connectivity index (χ0) is 14.5. The molecule has 1 heterocycles. The van der Waals surface area contributed by atoms with Crippen molar-refractivity contribution in [2.45, 2.75) is 25.3 Å². The van der Waals surface area contributed by atoms with Crippen LogP contribution in [-0.2, 0) is 20.7 Å². The second-order valence-corrected chi connectivity index (χ2v) is 4.77. The zero-order valence-corrected chi connectivity index (χ0v) is 11.6. The fourth-order valence-corrected chi connectivity index (χ4v) is 1.86. The number of methoxy groups -OCH3 is 2. The van der Waals surface area contributed by atoms with E-state index in [4.69, 9.17) is 9.47 Å². The Bertz CT molecular complexity index is 482. The van der Waals surface area contributed by atoms with E-state index in [0.29, 0.717) is 12.3 Å². The maximum atomic E-state index is 11.8. The van der Waals surface area contributed by atoms with Crippen LogP contribution in [0.3, 0.4) is 0 Å². The van der Waals surface area contributed by atoms with Crippen LogP contribution in [0.15, 0.2) is 18.3 Å². The van der Waals surface area contributed by atoms with Crippen molar-refractivity contribution < 1.29 is 19.1 Å². The summed E-state index contributed by atoms with van der Waals surface area (Å²) >= 11 is 0. The number of esters is 1. The molecule has 1 aliphatic rings. The van der Waals surface area contributed by atoms with Gasteiger partial charge in [0.1, 0.15) is 6.04 Å². The molecule has 1 aromatic rings. The van der Waals surface area contributed by atoms with Gasteiger partial charge in [-0.05, 0) is 18.4 Å². The normalized spacial score (nSPS) is 15.3. The van der Waals surface area contributed by atoms with Crippen LogP contribution >= 0.6 is 0 Å². The highest BCUT2D eigenvalue weighted by atomic mass is 16.5. The molecule has 2 rings (SSSR count). The second-order valence-electron chi connectivity index (χ2n) is 4.77. The maximum absolute atomic E-state index is 11.8. The first-order chi connectivity index (χ1) is 9.63. The molecule has 1 aromatic heterocycles. The summed E-state index contributed by atoms with van der Waals surface area (Å²) in [6, 6.07) is 2.85. The lowest BCUT2D eigenvalue weighted by molar-refractivity contribution is -0.145. The number of ether oxygens (including phenoxy) is 2. The van der Waals surface area contributed by atoms with Crippen molar-refractivity contribution in [2.24, 2.45) is 5.92 Å². The molecule has 0 radical (unpaired) electrons. The Labute approximate surface area is 117 Å². The summed E-state index contributed by atoms with van der Waals surface area (Å²) in [5.74, 6) is 0.0261. The van der Waals surface area contributed by atoms with E-state index < -0.39 is 12.0 Å². The zero-order valence-electron chi connectivity index (χ0n) is 11.6. The summed E-state index contributed by atoms with van der Waals surface area (Å²) in [5, 5.41) is 2.73. The third kappa shape index (κ3) is 3.69. The molecule has 0 aliphatic heterocycles. The van der Waals surface area contributed by atoms with E-state index in [9.17, 15) is 9.59 Å². The number of nitrogens with one attached hydrogen (secondary N) is 1. The van der Waals surface area contributed by atoms with Gasteiger partial charge in [-0.3, -0.25) is 4.79 Å². The van der Waals surface area contributed by atoms with Gasteiger partial charge in [-0.2, -0.15) is 0 Å². The van der Waals surface area contributed by atoms with Crippen molar-refractivity contribution >= 4 is 11.9 Å². The minimum Gasteiger partial charge on any atom is -0.481 e. The molecule has 1 N–H and O–H groups in total. The highest BCUT2D eigenvalue weighted by Crippen LogP contribution is 2.29. The van der Waals surface area contributed by atoms with Crippen LogP contribution in [0, 0.1) is 5.92 Å². The van der Waals surface area contributed by atoms with E-state index in [0.717, 1.165) is 18.4 Å². The number of amides is 1. The van der Waals surface area contributed by atoms with E-state index in [-0.39, 0.29) is 11.8 Å². The number of carbonyl (C=O) groups is 2. The highest BCUT2D eigenvalue weighted by molar-refractivity contribution is 5.87. The monoisotopic (exact) mass is 278 g/mol. The van der Waals surface area contributed by atoms with E-state index in [1.165, 1.54) is 14.2 Å². The summed E-state index contributed by atoms with van der Waals surface area (Å²) in [4.78, 5) is 27.6. The summed E-state index contributed by atoms with van der Waals surface area (Å²) in [5.41, 5.74) is 0.831.